The molecule has 1 aromatic heterocycles. The molecule has 6 nitrogen and oxygen atoms in total. The molecule has 1 saturated carbocycles. The lowest BCUT2D eigenvalue weighted by Gasteiger charge is -2.11. The first-order valence-corrected chi connectivity index (χ1v) is 8.31. The average Bonchev–Trinajstić information content (AvgIpc) is 3.38. The fourth-order valence-corrected chi connectivity index (χ4v) is 2.54. The van der Waals surface area contributed by atoms with Gasteiger partial charge in [0.05, 0.1) is 14.2 Å². The van der Waals surface area contributed by atoms with Gasteiger partial charge in [-0.1, -0.05) is 17.7 Å². The van der Waals surface area contributed by atoms with Crippen molar-refractivity contribution in [1.29, 1.82) is 0 Å². The van der Waals surface area contributed by atoms with E-state index in [0.717, 1.165) is 48.7 Å². The van der Waals surface area contributed by atoms with Crippen LogP contribution in [-0.2, 0) is 6.42 Å². The van der Waals surface area contributed by atoms with E-state index in [4.69, 9.17) is 21.1 Å². The van der Waals surface area contributed by atoms with E-state index in [1.807, 2.05) is 18.2 Å². The van der Waals surface area contributed by atoms with E-state index in [-0.39, 0.29) is 0 Å². The van der Waals surface area contributed by atoms with Crippen LogP contribution in [0.15, 0.2) is 24.3 Å². The Morgan fingerprint density at radius 3 is 2.62 bits per heavy atom. The van der Waals surface area contributed by atoms with Crippen molar-refractivity contribution in [3.63, 3.8) is 0 Å². The van der Waals surface area contributed by atoms with Gasteiger partial charge in [-0.25, -0.2) is 4.98 Å². The van der Waals surface area contributed by atoms with Crippen molar-refractivity contribution in [2.45, 2.75) is 25.3 Å². The first-order chi connectivity index (χ1) is 11.7. The number of aromatic nitrogens is 2. The molecule has 2 N–H and O–H groups in total. The van der Waals surface area contributed by atoms with Gasteiger partial charge in [-0.15, -0.1) is 0 Å². The second-order valence-corrected chi connectivity index (χ2v) is 6.07. The van der Waals surface area contributed by atoms with Gasteiger partial charge < -0.3 is 20.1 Å². The van der Waals surface area contributed by atoms with Gasteiger partial charge in [0.15, 0.2) is 11.5 Å². The van der Waals surface area contributed by atoms with Gasteiger partial charge in [0.25, 0.3) is 0 Å². The maximum Gasteiger partial charge on any atom is 0.226 e. The fourth-order valence-electron chi connectivity index (χ4n) is 2.35. The van der Waals surface area contributed by atoms with Gasteiger partial charge >= 0.3 is 0 Å². The van der Waals surface area contributed by atoms with Crippen molar-refractivity contribution < 1.29 is 9.47 Å². The van der Waals surface area contributed by atoms with Crippen molar-refractivity contribution in [3.8, 4) is 11.5 Å². The standard InChI is InChI=1S/C17H21ClN4O2/c1-23-13-6-3-11(9-14(13)24-2)7-8-19-16-10-15(18)21-17(22-16)20-12-4-5-12/h3,6,9-10,12H,4-5,7-8H2,1-2H3,(H2,19,20,21,22). The topological polar surface area (TPSA) is 68.3 Å². The number of hydrogen-bond acceptors (Lipinski definition) is 6. The zero-order valence-electron chi connectivity index (χ0n) is 13.8. The number of ether oxygens (including phenoxy) is 2. The normalized spacial score (nSPS) is 13.5. The molecule has 0 radical (unpaired) electrons. The van der Waals surface area contributed by atoms with E-state index >= 15 is 0 Å². The fraction of sp³-hybridized carbons (Fsp3) is 0.412. The Labute approximate surface area is 146 Å². The van der Waals surface area contributed by atoms with Crippen LogP contribution < -0.4 is 20.1 Å². The van der Waals surface area contributed by atoms with Crippen LogP contribution in [0.3, 0.4) is 0 Å². The number of nitrogens with one attached hydrogen (secondary N) is 2. The molecule has 1 aromatic carbocycles. The van der Waals surface area contributed by atoms with Gasteiger partial charge in [-0.05, 0) is 37.0 Å². The lowest BCUT2D eigenvalue weighted by molar-refractivity contribution is 0.354. The maximum atomic E-state index is 6.06. The summed E-state index contributed by atoms with van der Waals surface area (Å²) in [4.78, 5) is 8.64. The summed E-state index contributed by atoms with van der Waals surface area (Å²) in [5.74, 6) is 2.76. The first kappa shape index (κ1) is 16.6. The third-order valence-corrected chi connectivity index (χ3v) is 3.97. The van der Waals surface area contributed by atoms with E-state index < -0.39 is 0 Å². The Balaban J connectivity index is 1.58. The lowest BCUT2D eigenvalue weighted by Crippen LogP contribution is -2.10. The van der Waals surface area contributed by atoms with Crippen LogP contribution in [0.1, 0.15) is 18.4 Å². The van der Waals surface area contributed by atoms with Crippen molar-refractivity contribution in [2.75, 3.05) is 31.4 Å². The Kier molecular flexibility index (Phi) is 5.25. The zero-order chi connectivity index (χ0) is 16.9. The van der Waals surface area contributed by atoms with Crippen LogP contribution in [0.5, 0.6) is 11.5 Å². The van der Waals surface area contributed by atoms with E-state index in [1.165, 1.54) is 0 Å². The SMILES string of the molecule is COc1ccc(CCNc2cc(Cl)nc(NC3CC3)n2)cc1OC. The minimum absolute atomic E-state index is 0.432. The lowest BCUT2D eigenvalue weighted by atomic mass is 10.1. The monoisotopic (exact) mass is 348 g/mol. The predicted octanol–water partition coefficient (Wildman–Crippen LogP) is 3.38. The molecule has 128 valence electrons. The third kappa shape index (κ3) is 4.41. The van der Waals surface area contributed by atoms with Crippen molar-refractivity contribution in [3.05, 3.63) is 35.0 Å². The van der Waals surface area contributed by atoms with Gasteiger partial charge in [-0.3, -0.25) is 0 Å². The Morgan fingerprint density at radius 2 is 1.92 bits per heavy atom. The molecule has 0 bridgehead atoms. The van der Waals surface area contributed by atoms with E-state index in [2.05, 4.69) is 20.6 Å². The Morgan fingerprint density at radius 1 is 1.12 bits per heavy atom. The zero-order valence-corrected chi connectivity index (χ0v) is 14.6. The molecule has 7 heteroatoms. The summed E-state index contributed by atoms with van der Waals surface area (Å²) in [6.07, 6.45) is 3.16. The van der Waals surface area contributed by atoms with Crippen LogP contribution in [0.25, 0.3) is 0 Å². The van der Waals surface area contributed by atoms with Crippen LogP contribution in [0.4, 0.5) is 11.8 Å². The van der Waals surface area contributed by atoms with Crippen LogP contribution in [0.2, 0.25) is 5.15 Å². The second-order valence-electron chi connectivity index (χ2n) is 5.68. The molecule has 1 aliphatic carbocycles. The molecule has 1 heterocycles. The average molecular weight is 349 g/mol. The smallest absolute Gasteiger partial charge is 0.226 e. The van der Waals surface area contributed by atoms with Crippen molar-refractivity contribution in [2.24, 2.45) is 0 Å². The second kappa shape index (κ2) is 7.57. The molecule has 0 saturated heterocycles. The highest BCUT2D eigenvalue weighted by molar-refractivity contribution is 6.29. The minimum Gasteiger partial charge on any atom is -0.493 e. The summed E-state index contributed by atoms with van der Waals surface area (Å²) < 4.78 is 10.6. The quantitative estimate of drug-likeness (QED) is 0.713. The molecular weight excluding hydrogens is 328 g/mol. The van der Waals surface area contributed by atoms with Crippen LogP contribution in [0, 0.1) is 0 Å². The number of nitrogens with zero attached hydrogens (tertiary/aromatic N) is 2. The van der Waals surface area contributed by atoms with Crippen LogP contribution in [-0.4, -0.2) is 36.8 Å². The molecule has 0 aliphatic heterocycles. The van der Waals surface area contributed by atoms with Crippen LogP contribution >= 0.6 is 11.6 Å². The van der Waals surface area contributed by atoms with Crippen molar-refractivity contribution >= 4 is 23.4 Å². The van der Waals surface area contributed by atoms with E-state index in [9.17, 15) is 0 Å². The number of methoxy groups -OCH3 is 2. The molecule has 1 aliphatic rings. The van der Waals surface area contributed by atoms with E-state index in [0.29, 0.717) is 17.1 Å². The molecule has 0 amide bonds. The maximum absolute atomic E-state index is 6.06. The van der Waals surface area contributed by atoms with Gasteiger partial charge in [-0.2, -0.15) is 4.98 Å². The summed E-state index contributed by atoms with van der Waals surface area (Å²) in [6, 6.07) is 8.13. The highest BCUT2D eigenvalue weighted by atomic mass is 35.5. The number of hydrogen-bond donors (Lipinski definition) is 2. The summed E-state index contributed by atoms with van der Waals surface area (Å²) >= 11 is 6.06. The highest BCUT2D eigenvalue weighted by Gasteiger charge is 2.22. The van der Waals surface area contributed by atoms with Gasteiger partial charge in [0, 0.05) is 18.7 Å². The molecule has 24 heavy (non-hydrogen) atoms. The predicted molar refractivity (Wildman–Crippen MR) is 95.4 cm³/mol. The minimum atomic E-state index is 0.432. The van der Waals surface area contributed by atoms with Crippen molar-refractivity contribution in [1.82, 2.24) is 9.97 Å². The molecular formula is C17H21ClN4O2. The summed E-state index contributed by atoms with van der Waals surface area (Å²) in [7, 11) is 3.27. The van der Waals surface area contributed by atoms with Gasteiger partial charge in [0.2, 0.25) is 5.95 Å². The summed E-state index contributed by atoms with van der Waals surface area (Å²) in [6.45, 7) is 0.728. The largest absolute Gasteiger partial charge is 0.493 e. The number of benzene rings is 1. The molecule has 0 spiro atoms. The number of halogens is 1. The summed E-state index contributed by atoms with van der Waals surface area (Å²) in [5, 5.41) is 6.97. The highest BCUT2D eigenvalue weighted by Crippen LogP contribution is 2.28. The Bertz CT molecular complexity index is 707. The molecule has 2 aromatic rings. The summed E-state index contributed by atoms with van der Waals surface area (Å²) in [5.41, 5.74) is 1.15. The van der Waals surface area contributed by atoms with Gasteiger partial charge in [0.1, 0.15) is 11.0 Å². The molecule has 0 atom stereocenters. The Hall–Kier alpha value is -2.21. The number of rotatable bonds is 8. The first-order valence-electron chi connectivity index (χ1n) is 7.94. The molecule has 1 fully saturated rings. The molecule has 3 rings (SSSR count). The number of anilines is 2. The molecule has 0 unspecified atom stereocenters. The third-order valence-electron chi connectivity index (χ3n) is 3.77. The van der Waals surface area contributed by atoms with E-state index in [1.54, 1.807) is 20.3 Å².